The minimum Gasteiger partial charge on any atom is -0.375 e. The first-order valence-corrected chi connectivity index (χ1v) is 11.3. The lowest BCUT2D eigenvalue weighted by atomic mass is 9.83. The predicted molar refractivity (Wildman–Crippen MR) is 113 cm³/mol. The summed E-state index contributed by atoms with van der Waals surface area (Å²) in [6, 6.07) is 7.02. The van der Waals surface area contributed by atoms with Gasteiger partial charge in [0.05, 0.1) is 24.1 Å². The van der Waals surface area contributed by atoms with E-state index in [2.05, 4.69) is 44.6 Å². The van der Waals surface area contributed by atoms with Crippen molar-refractivity contribution in [3.8, 4) is 0 Å². The summed E-state index contributed by atoms with van der Waals surface area (Å²) in [5.41, 5.74) is 4.77. The quantitative estimate of drug-likeness (QED) is 0.766. The number of hydrogen-bond acceptors (Lipinski definition) is 5. The Labute approximate surface area is 177 Å². The van der Waals surface area contributed by atoms with Gasteiger partial charge in [-0.05, 0) is 37.8 Å². The number of pyridine rings is 1. The maximum absolute atomic E-state index is 13.3. The van der Waals surface area contributed by atoms with Crippen LogP contribution < -0.4 is 5.56 Å². The van der Waals surface area contributed by atoms with Crippen LogP contribution in [0.4, 0.5) is 0 Å². The normalized spacial score (nSPS) is 30.7. The molecule has 0 N–H and O–H groups in total. The van der Waals surface area contributed by atoms with Gasteiger partial charge in [-0.25, -0.2) is 0 Å². The molecule has 0 amide bonds. The molecule has 4 atom stereocenters. The van der Waals surface area contributed by atoms with E-state index >= 15 is 0 Å². The number of fused-ring (bicyclic) bond motifs is 6. The van der Waals surface area contributed by atoms with Gasteiger partial charge in [0.25, 0.3) is 5.56 Å². The number of hydrogen-bond donors (Lipinski definition) is 0. The molecule has 3 fully saturated rings. The topological polar surface area (TPSA) is 55.5 Å². The highest BCUT2D eigenvalue weighted by molar-refractivity contribution is 5.23. The summed E-state index contributed by atoms with van der Waals surface area (Å²) in [4.78, 5) is 18.3. The van der Waals surface area contributed by atoms with Gasteiger partial charge in [0.2, 0.25) is 0 Å². The number of likely N-dealkylation sites (tertiary alicyclic amines) is 2. The second-order valence-corrected chi connectivity index (χ2v) is 9.87. The maximum Gasteiger partial charge on any atom is 0.255 e. The summed E-state index contributed by atoms with van der Waals surface area (Å²) in [7, 11) is 2.03. The molecule has 0 aliphatic carbocycles. The zero-order chi connectivity index (χ0) is 20.4. The third-order valence-electron chi connectivity index (χ3n) is 7.63. The smallest absolute Gasteiger partial charge is 0.255 e. The second-order valence-electron chi connectivity index (χ2n) is 9.87. The van der Waals surface area contributed by atoms with Crippen molar-refractivity contribution in [1.82, 2.24) is 24.1 Å². The molecule has 6 rings (SSSR count). The van der Waals surface area contributed by atoms with Gasteiger partial charge in [-0.1, -0.05) is 6.07 Å². The monoisotopic (exact) mass is 409 g/mol. The van der Waals surface area contributed by atoms with Crippen LogP contribution in [-0.4, -0.2) is 62.5 Å². The van der Waals surface area contributed by atoms with Gasteiger partial charge >= 0.3 is 0 Å². The van der Waals surface area contributed by atoms with Crippen LogP contribution in [0.15, 0.2) is 23.0 Å². The Morgan fingerprint density at radius 2 is 2.03 bits per heavy atom. The highest BCUT2D eigenvalue weighted by atomic mass is 16.5. The maximum atomic E-state index is 13.3. The van der Waals surface area contributed by atoms with Gasteiger partial charge in [0, 0.05) is 69.5 Å². The van der Waals surface area contributed by atoms with Crippen LogP contribution in [0.5, 0.6) is 0 Å². The number of piperidine rings is 1. The van der Waals surface area contributed by atoms with Crippen molar-refractivity contribution in [3.63, 3.8) is 0 Å². The fraction of sp³-hybridized carbons (Fsp3) is 0.652. The molecular formula is C23H31N5O2. The van der Waals surface area contributed by atoms with E-state index in [0.29, 0.717) is 24.0 Å². The summed E-state index contributed by atoms with van der Waals surface area (Å²) >= 11 is 0. The average Bonchev–Trinajstić information content (AvgIpc) is 3.41. The first kappa shape index (κ1) is 18.8. The van der Waals surface area contributed by atoms with E-state index in [1.165, 1.54) is 17.8 Å². The number of aryl methyl sites for hydroxylation is 2. The van der Waals surface area contributed by atoms with Crippen molar-refractivity contribution in [2.75, 3.05) is 26.2 Å². The van der Waals surface area contributed by atoms with E-state index in [1.807, 2.05) is 11.7 Å². The lowest BCUT2D eigenvalue weighted by Crippen LogP contribution is -2.47. The SMILES string of the molecule is Cc1cc(CN2C[C@@H]3C[C@H](C2)c2ccc(CN4C[C@H]5C[C@@H]4CO5)c(=O)n2C3)n(C)n1. The highest BCUT2D eigenvalue weighted by Gasteiger charge is 2.39. The van der Waals surface area contributed by atoms with Crippen LogP contribution in [0.3, 0.4) is 0 Å². The third-order valence-corrected chi connectivity index (χ3v) is 7.63. The zero-order valence-corrected chi connectivity index (χ0v) is 18.0. The van der Waals surface area contributed by atoms with Crippen molar-refractivity contribution in [2.24, 2.45) is 13.0 Å². The minimum atomic E-state index is 0.238. The molecule has 0 aromatic carbocycles. The summed E-state index contributed by atoms with van der Waals surface area (Å²) < 4.78 is 9.82. The van der Waals surface area contributed by atoms with Crippen molar-refractivity contribution in [3.05, 3.63) is 51.2 Å². The highest BCUT2D eigenvalue weighted by Crippen LogP contribution is 2.36. The zero-order valence-electron chi connectivity index (χ0n) is 18.0. The fourth-order valence-corrected chi connectivity index (χ4v) is 6.27. The summed E-state index contributed by atoms with van der Waals surface area (Å²) in [5, 5.41) is 4.49. The first-order chi connectivity index (χ1) is 14.5. The van der Waals surface area contributed by atoms with Crippen molar-refractivity contribution >= 4 is 0 Å². The van der Waals surface area contributed by atoms with Crippen LogP contribution in [0.2, 0.25) is 0 Å². The Bertz CT molecular complexity index is 1030. The lowest BCUT2D eigenvalue weighted by molar-refractivity contribution is 0.0270. The van der Waals surface area contributed by atoms with E-state index in [4.69, 9.17) is 4.74 Å². The molecule has 0 saturated carbocycles. The molecule has 4 aliphatic heterocycles. The van der Waals surface area contributed by atoms with Crippen molar-refractivity contribution in [2.45, 2.75) is 57.5 Å². The minimum absolute atomic E-state index is 0.238. The molecule has 4 aliphatic rings. The molecule has 0 spiro atoms. The number of aromatic nitrogens is 3. The molecule has 6 heterocycles. The van der Waals surface area contributed by atoms with Gasteiger partial charge in [-0.3, -0.25) is 19.3 Å². The molecule has 7 nitrogen and oxygen atoms in total. The fourth-order valence-electron chi connectivity index (χ4n) is 6.27. The van der Waals surface area contributed by atoms with Crippen LogP contribution in [0.1, 0.15) is 41.4 Å². The molecule has 0 unspecified atom stereocenters. The third kappa shape index (κ3) is 3.15. The van der Waals surface area contributed by atoms with Crippen LogP contribution in [0.25, 0.3) is 0 Å². The van der Waals surface area contributed by atoms with E-state index in [-0.39, 0.29) is 5.56 Å². The molecule has 3 saturated heterocycles. The molecule has 4 bridgehead atoms. The Morgan fingerprint density at radius 1 is 1.13 bits per heavy atom. The molecule has 30 heavy (non-hydrogen) atoms. The van der Waals surface area contributed by atoms with E-state index in [9.17, 15) is 4.79 Å². The van der Waals surface area contributed by atoms with Gasteiger partial charge in [-0.2, -0.15) is 5.10 Å². The average molecular weight is 410 g/mol. The summed E-state index contributed by atoms with van der Waals surface area (Å²) in [6.45, 7) is 8.49. The summed E-state index contributed by atoms with van der Waals surface area (Å²) in [5.74, 6) is 1.000. The van der Waals surface area contributed by atoms with Gasteiger partial charge in [-0.15, -0.1) is 0 Å². The standard InChI is InChI=1S/C23H31N5O2/c1-15-5-19(25(2)24-15)12-26-8-16-6-18(10-26)22-4-3-17(23(29)28(22)9-16)11-27-13-21-7-20(27)14-30-21/h3-5,16,18,20-21H,6-14H2,1-2H3/t16-,18+,20+,21+/m0/s1. The number of morpholine rings is 1. The van der Waals surface area contributed by atoms with E-state index < -0.39 is 0 Å². The molecule has 7 heteroatoms. The Hall–Kier alpha value is -1.96. The van der Waals surface area contributed by atoms with Gasteiger partial charge in [0.15, 0.2) is 0 Å². The lowest BCUT2D eigenvalue weighted by Gasteiger charge is -2.43. The number of rotatable bonds is 4. The van der Waals surface area contributed by atoms with Crippen LogP contribution in [-0.2, 0) is 31.4 Å². The van der Waals surface area contributed by atoms with Crippen molar-refractivity contribution < 1.29 is 4.74 Å². The van der Waals surface area contributed by atoms with Gasteiger partial charge in [0.1, 0.15) is 0 Å². The van der Waals surface area contributed by atoms with Crippen molar-refractivity contribution in [1.29, 1.82) is 0 Å². The molecule has 2 aromatic rings. The van der Waals surface area contributed by atoms with Crippen LogP contribution in [0, 0.1) is 12.8 Å². The molecule has 0 radical (unpaired) electrons. The molecule has 160 valence electrons. The Morgan fingerprint density at radius 3 is 2.77 bits per heavy atom. The number of ether oxygens (including phenoxy) is 1. The molecular weight excluding hydrogens is 378 g/mol. The Balaban J connectivity index is 1.21. The van der Waals surface area contributed by atoms with Crippen LogP contribution >= 0.6 is 0 Å². The second kappa shape index (κ2) is 7.04. The largest absolute Gasteiger partial charge is 0.375 e. The Kier molecular flexibility index (Phi) is 4.41. The molecule has 2 aromatic heterocycles. The predicted octanol–water partition coefficient (Wildman–Crippen LogP) is 1.48. The van der Waals surface area contributed by atoms with Gasteiger partial charge < -0.3 is 9.30 Å². The van der Waals surface area contributed by atoms with E-state index in [1.54, 1.807) is 0 Å². The first-order valence-electron chi connectivity index (χ1n) is 11.3. The summed E-state index contributed by atoms with van der Waals surface area (Å²) in [6.07, 6.45) is 2.71. The van der Waals surface area contributed by atoms with E-state index in [0.717, 1.165) is 63.6 Å². The number of nitrogens with zero attached hydrogens (tertiary/aromatic N) is 5.